The van der Waals surface area contributed by atoms with Crippen molar-refractivity contribution in [2.45, 2.75) is 6.92 Å². The minimum atomic E-state index is 0.432. The summed E-state index contributed by atoms with van der Waals surface area (Å²) >= 11 is 0. The summed E-state index contributed by atoms with van der Waals surface area (Å²) in [5.74, 6) is 1.72. The van der Waals surface area contributed by atoms with Gasteiger partial charge in [-0.25, -0.2) is 5.43 Å². The molecule has 0 aliphatic carbocycles. The van der Waals surface area contributed by atoms with Gasteiger partial charge in [0.15, 0.2) is 0 Å². The number of morpholine rings is 2. The summed E-state index contributed by atoms with van der Waals surface area (Å²) < 4.78 is 10.9. The van der Waals surface area contributed by atoms with E-state index in [1.54, 1.807) is 6.21 Å². The molecule has 2 saturated heterocycles. The fraction of sp³-hybridized carbons (Fsp3) is 0.474. The standard InChI is InChI=1S/C19H25N7O2/c1-15-2-4-16(5-3-15)14-20-24-17-21-18(25-6-10-27-11-7-25)23-19(22-17)26-8-12-28-13-9-26/h2-5,14H,6-13H2,1H3,(H,21,22,23,24)/b20-14+. The molecule has 3 heterocycles. The molecule has 2 fully saturated rings. The van der Waals surface area contributed by atoms with Crippen molar-refractivity contribution in [3.8, 4) is 0 Å². The molecular formula is C19H25N7O2. The van der Waals surface area contributed by atoms with Gasteiger partial charge in [-0.05, 0) is 12.5 Å². The Morgan fingerprint density at radius 1 is 0.857 bits per heavy atom. The van der Waals surface area contributed by atoms with Gasteiger partial charge in [0.05, 0.1) is 32.6 Å². The van der Waals surface area contributed by atoms with Crippen molar-refractivity contribution in [3.63, 3.8) is 0 Å². The molecule has 1 N–H and O–H groups in total. The number of ether oxygens (including phenoxy) is 2. The minimum Gasteiger partial charge on any atom is -0.378 e. The maximum absolute atomic E-state index is 5.44. The molecule has 0 bridgehead atoms. The highest BCUT2D eigenvalue weighted by atomic mass is 16.5. The molecule has 0 atom stereocenters. The second kappa shape index (κ2) is 8.94. The van der Waals surface area contributed by atoms with Crippen LogP contribution in [0.1, 0.15) is 11.1 Å². The topological polar surface area (TPSA) is 88.0 Å². The van der Waals surface area contributed by atoms with Crippen LogP contribution in [0.4, 0.5) is 17.8 Å². The van der Waals surface area contributed by atoms with Crippen molar-refractivity contribution >= 4 is 24.1 Å². The van der Waals surface area contributed by atoms with Gasteiger partial charge >= 0.3 is 0 Å². The third-order valence-electron chi connectivity index (χ3n) is 4.66. The van der Waals surface area contributed by atoms with Crippen molar-refractivity contribution in [3.05, 3.63) is 35.4 Å². The molecule has 4 rings (SSSR count). The van der Waals surface area contributed by atoms with E-state index in [4.69, 9.17) is 9.47 Å². The van der Waals surface area contributed by atoms with Crippen LogP contribution in [0.25, 0.3) is 0 Å². The lowest BCUT2D eigenvalue weighted by molar-refractivity contribution is 0.121. The second-order valence-electron chi connectivity index (χ2n) is 6.74. The number of hydrazone groups is 1. The third-order valence-corrected chi connectivity index (χ3v) is 4.66. The maximum atomic E-state index is 5.44. The van der Waals surface area contributed by atoms with Crippen LogP contribution in [-0.4, -0.2) is 73.8 Å². The van der Waals surface area contributed by atoms with Gasteiger partial charge in [0.25, 0.3) is 0 Å². The van der Waals surface area contributed by atoms with Crippen molar-refractivity contribution < 1.29 is 9.47 Å². The van der Waals surface area contributed by atoms with Crippen LogP contribution in [0.15, 0.2) is 29.4 Å². The molecule has 2 aromatic rings. The Labute approximate surface area is 164 Å². The third kappa shape index (κ3) is 4.73. The molecule has 0 unspecified atom stereocenters. The van der Waals surface area contributed by atoms with Crippen LogP contribution >= 0.6 is 0 Å². The highest BCUT2D eigenvalue weighted by Gasteiger charge is 2.20. The molecule has 28 heavy (non-hydrogen) atoms. The fourth-order valence-electron chi connectivity index (χ4n) is 3.03. The average Bonchev–Trinajstić information content (AvgIpc) is 2.76. The molecule has 0 amide bonds. The molecule has 1 aromatic heterocycles. The molecule has 9 nitrogen and oxygen atoms in total. The highest BCUT2D eigenvalue weighted by Crippen LogP contribution is 2.18. The van der Waals surface area contributed by atoms with E-state index in [1.807, 2.05) is 12.1 Å². The monoisotopic (exact) mass is 383 g/mol. The lowest BCUT2D eigenvalue weighted by Crippen LogP contribution is -2.40. The lowest BCUT2D eigenvalue weighted by atomic mass is 10.2. The number of aryl methyl sites for hydroxylation is 1. The Morgan fingerprint density at radius 3 is 1.93 bits per heavy atom. The van der Waals surface area contributed by atoms with E-state index >= 15 is 0 Å². The Morgan fingerprint density at radius 2 is 1.39 bits per heavy atom. The molecule has 0 saturated carbocycles. The predicted molar refractivity (Wildman–Crippen MR) is 108 cm³/mol. The van der Waals surface area contributed by atoms with E-state index in [0.717, 1.165) is 31.7 Å². The van der Waals surface area contributed by atoms with Crippen LogP contribution in [0, 0.1) is 6.92 Å². The second-order valence-corrected chi connectivity index (χ2v) is 6.74. The quantitative estimate of drug-likeness (QED) is 0.611. The number of hydrogen-bond acceptors (Lipinski definition) is 9. The van der Waals surface area contributed by atoms with E-state index in [9.17, 15) is 0 Å². The summed E-state index contributed by atoms with van der Waals surface area (Å²) in [6.07, 6.45) is 1.76. The summed E-state index contributed by atoms with van der Waals surface area (Å²) in [6.45, 7) is 7.80. The number of rotatable bonds is 5. The van der Waals surface area contributed by atoms with E-state index in [0.29, 0.717) is 44.3 Å². The molecule has 0 radical (unpaired) electrons. The fourth-order valence-corrected chi connectivity index (χ4v) is 3.03. The summed E-state index contributed by atoms with van der Waals surface area (Å²) in [5, 5.41) is 4.30. The van der Waals surface area contributed by atoms with Crippen LogP contribution in [-0.2, 0) is 9.47 Å². The molecule has 9 heteroatoms. The lowest BCUT2D eigenvalue weighted by Gasteiger charge is -2.30. The number of nitrogens with zero attached hydrogens (tertiary/aromatic N) is 6. The zero-order chi connectivity index (χ0) is 19.2. The number of hydrogen-bond donors (Lipinski definition) is 1. The molecule has 148 valence electrons. The van der Waals surface area contributed by atoms with Gasteiger partial charge in [0.2, 0.25) is 17.8 Å². The van der Waals surface area contributed by atoms with Gasteiger partial charge in [0.1, 0.15) is 0 Å². The molecule has 1 aromatic carbocycles. The Bertz CT molecular complexity index is 764. The van der Waals surface area contributed by atoms with E-state index in [-0.39, 0.29) is 0 Å². The smallest absolute Gasteiger partial charge is 0.250 e. The van der Waals surface area contributed by atoms with E-state index in [1.165, 1.54) is 5.56 Å². The van der Waals surface area contributed by atoms with Crippen LogP contribution in [0.5, 0.6) is 0 Å². The van der Waals surface area contributed by atoms with Gasteiger partial charge in [0, 0.05) is 26.2 Å². The van der Waals surface area contributed by atoms with Crippen LogP contribution < -0.4 is 15.2 Å². The Balaban J connectivity index is 1.54. The summed E-state index contributed by atoms with van der Waals surface area (Å²) in [6, 6.07) is 8.15. The first kappa shape index (κ1) is 18.6. The molecule has 0 spiro atoms. The van der Waals surface area contributed by atoms with Gasteiger partial charge in [-0.3, -0.25) is 0 Å². The number of nitrogens with one attached hydrogen (secondary N) is 1. The number of aromatic nitrogens is 3. The maximum Gasteiger partial charge on any atom is 0.250 e. The van der Waals surface area contributed by atoms with Gasteiger partial charge in [-0.15, -0.1) is 0 Å². The van der Waals surface area contributed by atoms with E-state index < -0.39 is 0 Å². The van der Waals surface area contributed by atoms with Crippen molar-refractivity contribution in [2.24, 2.45) is 5.10 Å². The first-order valence-corrected chi connectivity index (χ1v) is 9.55. The summed E-state index contributed by atoms with van der Waals surface area (Å²) in [5.41, 5.74) is 5.18. The zero-order valence-electron chi connectivity index (χ0n) is 16.0. The highest BCUT2D eigenvalue weighted by molar-refractivity contribution is 5.80. The van der Waals surface area contributed by atoms with Crippen LogP contribution in [0.2, 0.25) is 0 Å². The van der Waals surface area contributed by atoms with Crippen molar-refractivity contribution in [1.82, 2.24) is 15.0 Å². The van der Waals surface area contributed by atoms with Gasteiger partial charge in [-0.1, -0.05) is 29.8 Å². The zero-order valence-corrected chi connectivity index (χ0v) is 16.0. The largest absolute Gasteiger partial charge is 0.378 e. The first-order chi connectivity index (χ1) is 13.8. The molecule has 2 aliphatic heterocycles. The minimum absolute atomic E-state index is 0.432. The van der Waals surface area contributed by atoms with Gasteiger partial charge in [-0.2, -0.15) is 20.1 Å². The Kier molecular flexibility index (Phi) is 5.93. The first-order valence-electron chi connectivity index (χ1n) is 9.55. The normalized spacial score (nSPS) is 17.9. The van der Waals surface area contributed by atoms with E-state index in [2.05, 4.69) is 54.3 Å². The number of benzene rings is 1. The van der Waals surface area contributed by atoms with Crippen molar-refractivity contribution in [1.29, 1.82) is 0 Å². The Hall–Kier alpha value is -2.78. The van der Waals surface area contributed by atoms with Crippen molar-refractivity contribution in [2.75, 3.05) is 67.8 Å². The molecular weight excluding hydrogens is 358 g/mol. The number of anilines is 3. The predicted octanol–water partition coefficient (Wildman–Crippen LogP) is 1.30. The van der Waals surface area contributed by atoms with Crippen LogP contribution in [0.3, 0.4) is 0 Å². The molecule has 2 aliphatic rings. The SMILES string of the molecule is Cc1ccc(/C=N/Nc2nc(N3CCOCC3)nc(N3CCOCC3)n2)cc1. The van der Waals surface area contributed by atoms with Gasteiger partial charge < -0.3 is 19.3 Å². The summed E-state index contributed by atoms with van der Waals surface area (Å²) in [4.78, 5) is 18.0. The average molecular weight is 383 g/mol. The summed E-state index contributed by atoms with van der Waals surface area (Å²) in [7, 11) is 0.